The Kier molecular flexibility index (Phi) is 5.36. The first-order valence-corrected chi connectivity index (χ1v) is 10.6. The average molecular weight is 402 g/mol. The van der Waals surface area contributed by atoms with Gasteiger partial charge in [0.2, 0.25) is 0 Å². The molecule has 146 valence electrons. The van der Waals surface area contributed by atoms with Gasteiger partial charge in [-0.05, 0) is 49.6 Å². The number of ether oxygens (including phenoxy) is 1. The second kappa shape index (κ2) is 8.10. The third-order valence-electron chi connectivity index (χ3n) is 5.03. The molecule has 0 N–H and O–H groups in total. The van der Waals surface area contributed by atoms with Crippen molar-refractivity contribution in [2.45, 2.75) is 20.8 Å². The van der Waals surface area contributed by atoms with Crippen molar-refractivity contribution >= 4 is 17.3 Å². The summed E-state index contributed by atoms with van der Waals surface area (Å²) in [5.74, 6) is -0.279. The predicted molar refractivity (Wildman–Crippen MR) is 120 cm³/mol. The minimum atomic E-state index is -0.279. The van der Waals surface area contributed by atoms with Crippen LogP contribution < -0.4 is 0 Å². The van der Waals surface area contributed by atoms with Gasteiger partial charge in [-0.25, -0.2) is 4.79 Å². The highest BCUT2D eigenvalue weighted by atomic mass is 32.1. The lowest BCUT2D eigenvalue weighted by molar-refractivity contribution is 0.0528. The standard InChI is InChI=1S/C25H23NO2S/c1-4-28-25(27)23-22(16-29-24(23)26-17(2)10-11-18(26)3)21-14-12-20(13-15-21)19-8-6-5-7-9-19/h5-16H,4H2,1-3H3. The average Bonchev–Trinajstić information content (AvgIpc) is 3.32. The normalized spacial score (nSPS) is 10.9. The van der Waals surface area contributed by atoms with Crippen LogP contribution in [-0.4, -0.2) is 17.1 Å². The van der Waals surface area contributed by atoms with Crippen molar-refractivity contribution in [2.75, 3.05) is 6.61 Å². The number of benzene rings is 2. The van der Waals surface area contributed by atoms with Gasteiger partial charge < -0.3 is 9.30 Å². The highest BCUT2D eigenvalue weighted by Crippen LogP contribution is 2.37. The number of thiophene rings is 1. The summed E-state index contributed by atoms with van der Waals surface area (Å²) in [5, 5.41) is 2.96. The van der Waals surface area contributed by atoms with Crippen molar-refractivity contribution in [1.29, 1.82) is 0 Å². The van der Waals surface area contributed by atoms with Gasteiger partial charge in [0.25, 0.3) is 0 Å². The topological polar surface area (TPSA) is 31.2 Å². The first kappa shape index (κ1) is 19.2. The van der Waals surface area contributed by atoms with Crippen molar-refractivity contribution < 1.29 is 9.53 Å². The molecule has 4 heteroatoms. The number of rotatable bonds is 5. The maximum Gasteiger partial charge on any atom is 0.341 e. The monoisotopic (exact) mass is 401 g/mol. The van der Waals surface area contributed by atoms with Crippen LogP contribution in [0.25, 0.3) is 27.3 Å². The van der Waals surface area contributed by atoms with E-state index in [1.807, 2.05) is 25.1 Å². The van der Waals surface area contributed by atoms with Crippen LogP contribution in [0, 0.1) is 13.8 Å². The zero-order valence-corrected chi connectivity index (χ0v) is 17.6. The molecule has 0 aliphatic carbocycles. The number of esters is 1. The molecule has 0 amide bonds. The molecule has 29 heavy (non-hydrogen) atoms. The summed E-state index contributed by atoms with van der Waals surface area (Å²) in [5.41, 5.74) is 7.08. The van der Waals surface area contributed by atoms with E-state index in [2.05, 4.69) is 72.3 Å². The molecule has 3 nitrogen and oxygen atoms in total. The highest BCUT2D eigenvalue weighted by molar-refractivity contribution is 7.13. The van der Waals surface area contributed by atoms with Gasteiger partial charge in [-0.1, -0.05) is 54.6 Å². The summed E-state index contributed by atoms with van der Waals surface area (Å²) in [6.07, 6.45) is 0. The highest BCUT2D eigenvalue weighted by Gasteiger charge is 2.23. The van der Waals surface area contributed by atoms with Gasteiger partial charge in [0, 0.05) is 22.3 Å². The number of hydrogen-bond donors (Lipinski definition) is 0. The Morgan fingerprint density at radius 1 is 0.862 bits per heavy atom. The maximum absolute atomic E-state index is 12.9. The van der Waals surface area contributed by atoms with Crippen LogP contribution in [0.2, 0.25) is 0 Å². The molecular weight excluding hydrogens is 378 g/mol. The minimum Gasteiger partial charge on any atom is -0.462 e. The van der Waals surface area contributed by atoms with Crippen molar-refractivity contribution in [3.8, 4) is 27.3 Å². The van der Waals surface area contributed by atoms with Crippen LogP contribution in [0.4, 0.5) is 0 Å². The summed E-state index contributed by atoms with van der Waals surface area (Å²) >= 11 is 1.57. The smallest absolute Gasteiger partial charge is 0.341 e. The van der Waals surface area contributed by atoms with E-state index in [0.717, 1.165) is 33.1 Å². The third-order valence-corrected chi connectivity index (χ3v) is 5.99. The third kappa shape index (κ3) is 3.64. The molecule has 0 atom stereocenters. The second-order valence-electron chi connectivity index (χ2n) is 6.94. The van der Waals surface area contributed by atoms with Crippen molar-refractivity contribution in [1.82, 2.24) is 4.57 Å². The van der Waals surface area contributed by atoms with Gasteiger partial charge in [0.05, 0.1) is 6.61 Å². The van der Waals surface area contributed by atoms with Crippen molar-refractivity contribution in [3.63, 3.8) is 0 Å². The zero-order chi connectivity index (χ0) is 20.4. The quantitative estimate of drug-likeness (QED) is 0.350. The van der Waals surface area contributed by atoms with E-state index in [-0.39, 0.29) is 5.97 Å². The van der Waals surface area contributed by atoms with Crippen LogP contribution in [0.1, 0.15) is 28.7 Å². The Morgan fingerprint density at radius 2 is 1.45 bits per heavy atom. The molecule has 0 unspecified atom stereocenters. The van der Waals surface area contributed by atoms with Crippen LogP contribution in [0.5, 0.6) is 0 Å². The Balaban J connectivity index is 1.81. The molecule has 0 radical (unpaired) electrons. The molecule has 0 saturated carbocycles. The first-order valence-electron chi connectivity index (χ1n) is 9.70. The van der Waals surface area contributed by atoms with E-state index < -0.39 is 0 Å². The molecule has 0 aliphatic heterocycles. The van der Waals surface area contributed by atoms with Gasteiger partial charge >= 0.3 is 5.97 Å². The number of carbonyl (C=O) groups is 1. The molecule has 0 aliphatic rings. The molecule has 2 aromatic carbocycles. The number of carbonyl (C=O) groups excluding carboxylic acids is 1. The minimum absolute atomic E-state index is 0.279. The van der Waals surface area contributed by atoms with Gasteiger partial charge in [0.1, 0.15) is 10.6 Å². The Hall–Kier alpha value is -3.11. The fourth-order valence-electron chi connectivity index (χ4n) is 3.59. The molecule has 0 spiro atoms. The lowest BCUT2D eigenvalue weighted by Crippen LogP contribution is -2.10. The van der Waals surface area contributed by atoms with Gasteiger partial charge in [-0.3, -0.25) is 0 Å². The SMILES string of the molecule is CCOC(=O)c1c(-c2ccc(-c3ccccc3)cc2)csc1-n1c(C)ccc1C. The number of aryl methyl sites for hydroxylation is 2. The fourth-order valence-corrected chi connectivity index (χ4v) is 4.77. The number of aromatic nitrogens is 1. The molecule has 2 aromatic heterocycles. The first-order chi connectivity index (χ1) is 14.1. The Labute approximate surface area is 175 Å². The van der Waals surface area contributed by atoms with Gasteiger partial charge in [-0.15, -0.1) is 11.3 Å². The summed E-state index contributed by atoms with van der Waals surface area (Å²) in [7, 11) is 0. The van der Waals surface area contributed by atoms with Crippen molar-refractivity contribution in [3.05, 3.63) is 89.1 Å². The van der Waals surface area contributed by atoms with E-state index in [0.29, 0.717) is 12.2 Å². The maximum atomic E-state index is 12.9. The van der Waals surface area contributed by atoms with Gasteiger partial charge in [-0.2, -0.15) is 0 Å². The van der Waals surface area contributed by atoms with E-state index in [4.69, 9.17) is 4.74 Å². The summed E-state index contributed by atoms with van der Waals surface area (Å²) in [6.45, 7) is 6.29. The predicted octanol–water partition coefficient (Wildman–Crippen LogP) is 6.67. The largest absolute Gasteiger partial charge is 0.462 e. The van der Waals surface area contributed by atoms with Crippen LogP contribution in [-0.2, 0) is 4.74 Å². The Bertz CT molecular complexity index is 1120. The molecule has 0 bridgehead atoms. The summed E-state index contributed by atoms with van der Waals surface area (Å²) in [6, 6.07) is 22.8. The molecule has 2 heterocycles. The number of hydrogen-bond acceptors (Lipinski definition) is 3. The van der Waals surface area contributed by atoms with Crippen LogP contribution in [0.15, 0.2) is 72.1 Å². The molecule has 4 aromatic rings. The van der Waals surface area contributed by atoms with E-state index in [9.17, 15) is 4.79 Å². The molecule has 0 fully saturated rings. The van der Waals surface area contributed by atoms with E-state index >= 15 is 0 Å². The zero-order valence-electron chi connectivity index (χ0n) is 16.8. The van der Waals surface area contributed by atoms with Crippen LogP contribution >= 0.6 is 11.3 Å². The number of nitrogens with zero attached hydrogens (tertiary/aromatic N) is 1. The fraction of sp³-hybridized carbons (Fsp3) is 0.160. The van der Waals surface area contributed by atoms with E-state index in [1.54, 1.807) is 11.3 Å². The van der Waals surface area contributed by atoms with Crippen molar-refractivity contribution in [2.24, 2.45) is 0 Å². The summed E-state index contributed by atoms with van der Waals surface area (Å²) < 4.78 is 7.54. The molecule has 4 rings (SSSR count). The van der Waals surface area contributed by atoms with Gasteiger partial charge in [0.15, 0.2) is 0 Å². The summed E-state index contributed by atoms with van der Waals surface area (Å²) in [4.78, 5) is 12.9. The van der Waals surface area contributed by atoms with E-state index in [1.165, 1.54) is 5.56 Å². The second-order valence-corrected chi connectivity index (χ2v) is 7.80. The molecule has 0 saturated heterocycles. The lowest BCUT2D eigenvalue weighted by Gasteiger charge is -2.12. The van der Waals surface area contributed by atoms with Crippen LogP contribution in [0.3, 0.4) is 0 Å². The molecular formula is C25H23NO2S. The lowest BCUT2D eigenvalue weighted by atomic mass is 9.99. The Morgan fingerprint density at radius 3 is 2.07 bits per heavy atom.